The van der Waals surface area contributed by atoms with Gasteiger partial charge in [-0.15, -0.1) is 11.3 Å². The Hall–Kier alpha value is -2.55. The first kappa shape index (κ1) is 20.8. The summed E-state index contributed by atoms with van der Waals surface area (Å²) in [6, 6.07) is 9.55. The fraction of sp³-hybridized carbons (Fsp3) is 0.333. The van der Waals surface area contributed by atoms with Crippen LogP contribution in [0.4, 0.5) is 13.2 Å². The number of carbonyl (C=O) groups is 2. The molecule has 0 bridgehead atoms. The summed E-state index contributed by atoms with van der Waals surface area (Å²) in [5.41, 5.74) is 0.744. The number of carbonyl (C=O) groups excluding carboxylic acids is 2. The van der Waals surface area contributed by atoms with Gasteiger partial charge >= 0.3 is 6.18 Å². The molecule has 2 aromatic rings. The maximum atomic E-state index is 12.1. The van der Waals surface area contributed by atoms with Crippen molar-refractivity contribution in [3.05, 3.63) is 52.2 Å². The third-order valence-corrected chi connectivity index (χ3v) is 4.30. The zero-order valence-electron chi connectivity index (χ0n) is 14.3. The average molecular weight is 400 g/mol. The fourth-order valence-corrected chi connectivity index (χ4v) is 2.74. The summed E-state index contributed by atoms with van der Waals surface area (Å²) in [6.45, 7) is -0.679. The van der Waals surface area contributed by atoms with E-state index in [0.717, 1.165) is 5.56 Å². The first-order valence-corrected chi connectivity index (χ1v) is 9.08. The summed E-state index contributed by atoms with van der Waals surface area (Å²) in [5, 5.41) is 7.28. The SMILES string of the molecule is O=C(CCCNC(=O)c1cccs1)NCc1ccc(OCC(F)(F)F)cc1. The van der Waals surface area contributed by atoms with E-state index in [-0.39, 0.29) is 30.5 Å². The van der Waals surface area contributed by atoms with Crippen LogP contribution in [0.25, 0.3) is 0 Å². The molecule has 0 fully saturated rings. The highest BCUT2D eigenvalue weighted by atomic mass is 32.1. The standard InChI is InChI=1S/C18H19F3N2O3S/c19-18(20,21)12-26-14-7-5-13(6-8-14)11-23-16(24)4-1-9-22-17(25)15-3-2-10-27-15/h2-3,5-8,10H,1,4,9,11-12H2,(H,22,25)(H,23,24). The molecule has 9 heteroatoms. The Morgan fingerprint density at radius 2 is 1.81 bits per heavy atom. The highest BCUT2D eigenvalue weighted by molar-refractivity contribution is 7.12. The first-order valence-electron chi connectivity index (χ1n) is 8.20. The average Bonchev–Trinajstić information content (AvgIpc) is 3.17. The molecular weight excluding hydrogens is 381 g/mol. The van der Waals surface area contributed by atoms with E-state index in [1.165, 1.54) is 23.5 Å². The lowest BCUT2D eigenvalue weighted by Crippen LogP contribution is -2.26. The lowest BCUT2D eigenvalue weighted by molar-refractivity contribution is -0.153. The number of hydrogen-bond donors (Lipinski definition) is 2. The van der Waals surface area contributed by atoms with Crippen molar-refractivity contribution in [3.63, 3.8) is 0 Å². The minimum atomic E-state index is -4.38. The number of ether oxygens (including phenoxy) is 1. The van der Waals surface area contributed by atoms with E-state index in [1.54, 1.807) is 24.3 Å². The summed E-state index contributed by atoms with van der Waals surface area (Å²) >= 11 is 1.35. The van der Waals surface area contributed by atoms with E-state index in [4.69, 9.17) is 0 Å². The lowest BCUT2D eigenvalue weighted by atomic mass is 10.2. The van der Waals surface area contributed by atoms with Crippen molar-refractivity contribution in [2.75, 3.05) is 13.2 Å². The van der Waals surface area contributed by atoms with Crippen LogP contribution < -0.4 is 15.4 Å². The minimum Gasteiger partial charge on any atom is -0.484 e. The van der Waals surface area contributed by atoms with Crippen molar-refractivity contribution in [3.8, 4) is 5.75 Å². The van der Waals surface area contributed by atoms with Gasteiger partial charge in [0.15, 0.2) is 6.61 Å². The van der Waals surface area contributed by atoms with Crippen LogP contribution in [0.1, 0.15) is 28.1 Å². The maximum absolute atomic E-state index is 12.1. The molecule has 0 saturated carbocycles. The molecule has 0 unspecified atom stereocenters. The Bertz CT molecular complexity index is 731. The molecule has 0 radical (unpaired) electrons. The molecule has 1 aromatic heterocycles. The van der Waals surface area contributed by atoms with Gasteiger partial charge in [-0.1, -0.05) is 18.2 Å². The molecule has 2 N–H and O–H groups in total. The Kier molecular flexibility index (Phi) is 7.66. The van der Waals surface area contributed by atoms with E-state index in [2.05, 4.69) is 15.4 Å². The quantitative estimate of drug-likeness (QED) is 0.633. The van der Waals surface area contributed by atoms with E-state index in [1.807, 2.05) is 5.38 Å². The summed E-state index contributed by atoms with van der Waals surface area (Å²) in [4.78, 5) is 24.1. The Morgan fingerprint density at radius 1 is 1.07 bits per heavy atom. The second-order valence-corrected chi connectivity index (χ2v) is 6.61. The number of rotatable bonds is 9. The number of nitrogens with one attached hydrogen (secondary N) is 2. The lowest BCUT2D eigenvalue weighted by Gasteiger charge is -2.10. The molecule has 2 amide bonds. The number of hydrogen-bond acceptors (Lipinski definition) is 4. The van der Waals surface area contributed by atoms with Gasteiger partial charge in [0.1, 0.15) is 5.75 Å². The molecule has 1 aromatic carbocycles. The zero-order chi connectivity index (χ0) is 19.7. The van der Waals surface area contributed by atoms with Gasteiger partial charge in [0.05, 0.1) is 4.88 Å². The van der Waals surface area contributed by atoms with Crippen LogP contribution >= 0.6 is 11.3 Å². The van der Waals surface area contributed by atoms with E-state index < -0.39 is 12.8 Å². The minimum absolute atomic E-state index is 0.115. The van der Waals surface area contributed by atoms with Gasteiger partial charge in [0.2, 0.25) is 5.91 Å². The van der Waals surface area contributed by atoms with Crippen molar-refractivity contribution in [2.45, 2.75) is 25.6 Å². The Balaban J connectivity index is 1.61. The number of thiophene rings is 1. The molecule has 0 aliphatic heterocycles. The smallest absolute Gasteiger partial charge is 0.422 e. The summed E-state index contributed by atoms with van der Waals surface area (Å²) in [7, 11) is 0. The molecule has 0 atom stereocenters. The second kappa shape index (κ2) is 9.96. The van der Waals surface area contributed by atoms with Gasteiger partial charge in [-0.3, -0.25) is 9.59 Å². The number of amides is 2. The molecule has 146 valence electrons. The van der Waals surface area contributed by atoms with Crippen LogP contribution in [0.5, 0.6) is 5.75 Å². The van der Waals surface area contributed by atoms with Crippen LogP contribution in [0, 0.1) is 0 Å². The number of alkyl halides is 3. The molecule has 0 saturated heterocycles. The van der Waals surface area contributed by atoms with Crippen LogP contribution in [-0.4, -0.2) is 31.1 Å². The summed E-state index contributed by atoms with van der Waals surface area (Å²) < 4.78 is 40.9. The maximum Gasteiger partial charge on any atom is 0.422 e. The fourth-order valence-electron chi connectivity index (χ4n) is 2.10. The topological polar surface area (TPSA) is 67.4 Å². The van der Waals surface area contributed by atoms with Gasteiger partial charge in [0.25, 0.3) is 5.91 Å². The number of benzene rings is 1. The van der Waals surface area contributed by atoms with Gasteiger partial charge < -0.3 is 15.4 Å². The molecule has 1 heterocycles. The third kappa shape index (κ3) is 8.12. The Labute approximate surface area is 158 Å². The molecule has 0 aliphatic carbocycles. The van der Waals surface area contributed by atoms with Crippen molar-refractivity contribution < 1.29 is 27.5 Å². The predicted molar refractivity (Wildman–Crippen MR) is 95.7 cm³/mol. The molecule has 0 aliphatic rings. The van der Waals surface area contributed by atoms with Crippen molar-refractivity contribution >= 4 is 23.2 Å². The molecule has 27 heavy (non-hydrogen) atoms. The van der Waals surface area contributed by atoms with Crippen molar-refractivity contribution in [1.29, 1.82) is 0 Å². The van der Waals surface area contributed by atoms with Gasteiger partial charge in [-0.2, -0.15) is 13.2 Å². The van der Waals surface area contributed by atoms with E-state index in [9.17, 15) is 22.8 Å². The van der Waals surface area contributed by atoms with Crippen molar-refractivity contribution in [1.82, 2.24) is 10.6 Å². The summed E-state index contributed by atoms with van der Waals surface area (Å²) in [6.07, 6.45) is -3.61. The Morgan fingerprint density at radius 3 is 2.44 bits per heavy atom. The van der Waals surface area contributed by atoms with E-state index in [0.29, 0.717) is 17.8 Å². The molecule has 0 spiro atoms. The first-order chi connectivity index (χ1) is 12.8. The molecular formula is C18H19F3N2O3S. The highest BCUT2D eigenvalue weighted by Gasteiger charge is 2.28. The normalized spacial score (nSPS) is 11.1. The summed E-state index contributed by atoms with van der Waals surface area (Å²) in [5.74, 6) is -0.208. The largest absolute Gasteiger partial charge is 0.484 e. The highest BCUT2D eigenvalue weighted by Crippen LogP contribution is 2.18. The molecule has 5 nitrogen and oxygen atoms in total. The molecule has 2 rings (SSSR count). The second-order valence-electron chi connectivity index (χ2n) is 5.66. The third-order valence-electron chi connectivity index (χ3n) is 3.43. The van der Waals surface area contributed by atoms with Crippen LogP contribution in [0.2, 0.25) is 0 Å². The van der Waals surface area contributed by atoms with Gasteiger partial charge in [0, 0.05) is 19.5 Å². The predicted octanol–water partition coefficient (Wildman–Crippen LogP) is 3.52. The zero-order valence-corrected chi connectivity index (χ0v) is 15.2. The van der Waals surface area contributed by atoms with E-state index >= 15 is 0 Å². The van der Waals surface area contributed by atoms with Gasteiger partial charge in [-0.05, 0) is 35.6 Å². The van der Waals surface area contributed by atoms with Crippen molar-refractivity contribution in [2.24, 2.45) is 0 Å². The van der Waals surface area contributed by atoms with Crippen LogP contribution in [-0.2, 0) is 11.3 Å². The van der Waals surface area contributed by atoms with Gasteiger partial charge in [-0.25, -0.2) is 0 Å². The van der Waals surface area contributed by atoms with Crippen LogP contribution in [0.3, 0.4) is 0 Å². The van der Waals surface area contributed by atoms with Crippen LogP contribution in [0.15, 0.2) is 41.8 Å². The number of halogens is 3. The monoisotopic (exact) mass is 400 g/mol.